The first-order chi connectivity index (χ1) is 7.72. The fourth-order valence-corrected chi connectivity index (χ4v) is 2.84. The quantitative estimate of drug-likeness (QED) is 0.787. The Bertz CT molecular complexity index is 359. The van der Waals surface area contributed by atoms with Gasteiger partial charge in [-0.1, -0.05) is 34.8 Å². The highest BCUT2D eigenvalue weighted by molar-refractivity contribution is 9.08. The minimum Gasteiger partial charge on any atom is -0.356 e. The SMILES string of the molecule is Cc1cc(CBr)cnc1N(C)C1CCCC1. The summed E-state index contributed by atoms with van der Waals surface area (Å²) in [4.78, 5) is 6.95. The van der Waals surface area contributed by atoms with E-state index in [1.54, 1.807) is 0 Å². The molecule has 1 heterocycles. The van der Waals surface area contributed by atoms with E-state index in [4.69, 9.17) is 0 Å². The van der Waals surface area contributed by atoms with E-state index in [1.807, 2.05) is 6.20 Å². The molecule has 0 saturated heterocycles. The minimum atomic E-state index is 0.695. The number of halogens is 1. The van der Waals surface area contributed by atoms with Crippen molar-refractivity contribution < 1.29 is 0 Å². The minimum absolute atomic E-state index is 0.695. The summed E-state index contributed by atoms with van der Waals surface area (Å²) < 4.78 is 0. The van der Waals surface area contributed by atoms with Crippen LogP contribution in [-0.4, -0.2) is 18.1 Å². The van der Waals surface area contributed by atoms with Crippen molar-refractivity contribution in [2.24, 2.45) is 0 Å². The number of alkyl halides is 1. The molecule has 0 bridgehead atoms. The monoisotopic (exact) mass is 282 g/mol. The van der Waals surface area contributed by atoms with Crippen molar-refractivity contribution in [1.82, 2.24) is 4.98 Å². The zero-order valence-electron chi connectivity index (χ0n) is 10.0. The van der Waals surface area contributed by atoms with E-state index in [0.717, 1.165) is 11.1 Å². The first-order valence-corrected chi connectivity index (χ1v) is 7.09. The molecule has 1 aliphatic carbocycles. The Morgan fingerprint density at radius 1 is 1.44 bits per heavy atom. The van der Waals surface area contributed by atoms with Crippen LogP contribution in [0, 0.1) is 6.92 Å². The van der Waals surface area contributed by atoms with Crippen LogP contribution in [0.1, 0.15) is 36.8 Å². The van der Waals surface area contributed by atoms with Crippen LogP contribution in [0.15, 0.2) is 12.3 Å². The molecule has 1 saturated carbocycles. The summed E-state index contributed by atoms with van der Waals surface area (Å²) in [5, 5.41) is 0.883. The van der Waals surface area contributed by atoms with Crippen LogP contribution >= 0.6 is 15.9 Å². The number of hydrogen-bond acceptors (Lipinski definition) is 2. The third-order valence-electron chi connectivity index (χ3n) is 3.47. The van der Waals surface area contributed by atoms with Gasteiger partial charge in [0.1, 0.15) is 5.82 Å². The van der Waals surface area contributed by atoms with Gasteiger partial charge in [0, 0.05) is 24.6 Å². The molecule has 0 aromatic carbocycles. The fourth-order valence-electron chi connectivity index (χ4n) is 2.53. The van der Waals surface area contributed by atoms with Crippen LogP contribution in [0.3, 0.4) is 0 Å². The van der Waals surface area contributed by atoms with Gasteiger partial charge in [0.05, 0.1) is 0 Å². The molecule has 0 spiro atoms. The van der Waals surface area contributed by atoms with Gasteiger partial charge in [0.25, 0.3) is 0 Å². The highest BCUT2D eigenvalue weighted by atomic mass is 79.9. The van der Waals surface area contributed by atoms with Crippen LogP contribution in [0.4, 0.5) is 5.82 Å². The van der Waals surface area contributed by atoms with Crippen molar-refractivity contribution in [1.29, 1.82) is 0 Å². The molecule has 88 valence electrons. The molecule has 0 amide bonds. The second-order valence-electron chi connectivity index (χ2n) is 4.67. The molecule has 3 heteroatoms. The van der Waals surface area contributed by atoms with Crippen LogP contribution in [0.2, 0.25) is 0 Å². The van der Waals surface area contributed by atoms with Crippen LogP contribution in [0.5, 0.6) is 0 Å². The summed E-state index contributed by atoms with van der Waals surface area (Å²) >= 11 is 3.47. The van der Waals surface area contributed by atoms with E-state index in [-0.39, 0.29) is 0 Å². The average molecular weight is 283 g/mol. The number of pyridine rings is 1. The lowest BCUT2D eigenvalue weighted by molar-refractivity contribution is 0.644. The van der Waals surface area contributed by atoms with Crippen LogP contribution in [-0.2, 0) is 5.33 Å². The number of nitrogens with zero attached hydrogens (tertiary/aromatic N) is 2. The third-order valence-corrected chi connectivity index (χ3v) is 4.12. The first kappa shape index (κ1) is 11.9. The van der Waals surface area contributed by atoms with Crippen molar-refractivity contribution in [3.63, 3.8) is 0 Å². The predicted octanol–water partition coefficient (Wildman–Crippen LogP) is 3.66. The Hall–Kier alpha value is -0.570. The van der Waals surface area contributed by atoms with Gasteiger partial charge >= 0.3 is 0 Å². The second kappa shape index (κ2) is 5.17. The summed E-state index contributed by atoms with van der Waals surface area (Å²) in [5.74, 6) is 1.15. The van der Waals surface area contributed by atoms with Gasteiger partial charge in [-0.25, -0.2) is 4.98 Å². The number of aryl methyl sites for hydroxylation is 1. The highest BCUT2D eigenvalue weighted by Gasteiger charge is 2.21. The van der Waals surface area contributed by atoms with Gasteiger partial charge in [0.2, 0.25) is 0 Å². The molecule has 0 radical (unpaired) electrons. The smallest absolute Gasteiger partial charge is 0.131 e. The Labute approximate surface area is 106 Å². The summed E-state index contributed by atoms with van der Waals surface area (Å²) in [7, 11) is 2.18. The molecule has 0 unspecified atom stereocenters. The molecule has 0 N–H and O–H groups in total. The van der Waals surface area contributed by atoms with Gasteiger partial charge in [-0.15, -0.1) is 0 Å². The Kier molecular flexibility index (Phi) is 3.85. The number of hydrogen-bond donors (Lipinski definition) is 0. The lowest BCUT2D eigenvalue weighted by Gasteiger charge is -2.27. The molecule has 1 aromatic heterocycles. The van der Waals surface area contributed by atoms with E-state index in [9.17, 15) is 0 Å². The highest BCUT2D eigenvalue weighted by Crippen LogP contribution is 2.27. The normalized spacial score (nSPS) is 16.7. The second-order valence-corrected chi connectivity index (χ2v) is 5.23. The molecule has 2 rings (SSSR count). The molecule has 2 nitrogen and oxygen atoms in total. The third kappa shape index (κ3) is 2.40. The van der Waals surface area contributed by atoms with Gasteiger partial charge in [-0.3, -0.25) is 0 Å². The van der Waals surface area contributed by atoms with Gasteiger partial charge in [-0.2, -0.15) is 0 Å². The summed E-state index contributed by atoms with van der Waals surface area (Å²) in [5.41, 5.74) is 2.53. The molecule has 0 atom stereocenters. The summed E-state index contributed by atoms with van der Waals surface area (Å²) in [6.45, 7) is 2.15. The van der Waals surface area contributed by atoms with Gasteiger partial charge in [0.15, 0.2) is 0 Å². The Morgan fingerprint density at radius 2 is 2.12 bits per heavy atom. The summed E-state index contributed by atoms with van der Waals surface area (Å²) in [6.07, 6.45) is 7.35. The fraction of sp³-hybridized carbons (Fsp3) is 0.615. The molecule has 1 fully saturated rings. The lowest BCUT2D eigenvalue weighted by atomic mass is 10.1. The molecule has 16 heavy (non-hydrogen) atoms. The number of rotatable bonds is 3. The largest absolute Gasteiger partial charge is 0.356 e. The standard InChI is InChI=1S/C13H19BrN2/c1-10-7-11(8-14)9-15-13(10)16(2)12-5-3-4-6-12/h7,9,12H,3-6,8H2,1-2H3. The topological polar surface area (TPSA) is 16.1 Å². The van der Waals surface area contributed by atoms with Crippen molar-refractivity contribution in [2.75, 3.05) is 11.9 Å². The maximum Gasteiger partial charge on any atom is 0.131 e. The van der Waals surface area contributed by atoms with E-state index in [2.05, 4.69) is 45.9 Å². The van der Waals surface area contributed by atoms with Crippen molar-refractivity contribution in [3.05, 3.63) is 23.4 Å². The van der Waals surface area contributed by atoms with E-state index >= 15 is 0 Å². The molecule has 0 aliphatic heterocycles. The van der Waals surface area contributed by atoms with Crippen molar-refractivity contribution in [2.45, 2.75) is 44.0 Å². The van der Waals surface area contributed by atoms with E-state index in [0.29, 0.717) is 6.04 Å². The Morgan fingerprint density at radius 3 is 2.69 bits per heavy atom. The average Bonchev–Trinajstić information content (AvgIpc) is 2.81. The molecular weight excluding hydrogens is 264 g/mol. The maximum absolute atomic E-state index is 4.59. The molecule has 1 aliphatic rings. The Balaban J connectivity index is 2.19. The van der Waals surface area contributed by atoms with Gasteiger partial charge in [-0.05, 0) is 30.9 Å². The predicted molar refractivity (Wildman–Crippen MR) is 72.3 cm³/mol. The number of anilines is 1. The first-order valence-electron chi connectivity index (χ1n) is 5.96. The summed E-state index contributed by atoms with van der Waals surface area (Å²) in [6, 6.07) is 2.92. The molecule has 1 aromatic rings. The van der Waals surface area contributed by atoms with Crippen LogP contribution < -0.4 is 4.90 Å². The zero-order valence-corrected chi connectivity index (χ0v) is 11.6. The van der Waals surface area contributed by atoms with E-state index in [1.165, 1.54) is 36.8 Å². The molecular formula is C13H19BrN2. The van der Waals surface area contributed by atoms with Crippen LogP contribution in [0.25, 0.3) is 0 Å². The lowest BCUT2D eigenvalue weighted by Crippen LogP contribution is -2.30. The number of aromatic nitrogens is 1. The van der Waals surface area contributed by atoms with Crippen molar-refractivity contribution in [3.8, 4) is 0 Å². The van der Waals surface area contributed by atoms with Crippen molar-refractivity contribution >= 4 is 21.7 Å². The van der Waals surface area contributed by atoms with E-state index < -0.39 is 0 Å². The maximum atomic E-state index is 4.59. The van der Waals surface area contributed by atoms with Gasteiger partial charge < -0.3 is 4.90 Å². The zero-order chi connectivity index (χ0) is 11.5.